The minimum absolute atomic E-state index is 0.287. The average molecular weight is 255 g/mol. The highest BCUT2D eigenvalue weighted by molar-refractivity contribution is 7.14. The number of nitrogen functional groups attached to an aromatic ring is 1. The van der Waals surface area contributed by atoms with Crippen LogP contribution in [0.2, 0.25) is 0 Å². The van der Waals surface area contributed by atoms with E-state index in [1.165, 1.54) is 11.3 Å². The molecule has 0 aromatic carbocycles. The Balaban J connectivity index is 1.94. The van der Waals surface area contributed by atoms with Crippen LogP contribution in [0.25, 0.3) is 0 Å². The summed E-state index contributed by atoms with van der Waals surface area (Å²) in [6.07, 6.45) is -0.224. The molecule has 3 rings (SSSR count). The van der Waals surface area contributed by atoms with Crippen molar-refractivity contribution in [3.05, 3.63) is 16.5 Å². The van der Waals surface area contributed by atoms with Crippen molar-refractivity contribution in [2.75, 3.05) is 12.3 Å². The van der Waals surface area contributed by atoms with Crippen molar-refractivity contribution in [2.45, 2.75) is 12.6 Å². The van der Waals surface area contributed by atoms with Crippen LogP contribution in [-0.2, 0) is 9.68 Å². The molecule has 0 saturated carbocycles. The fourth-order valence-corrected chi connectivity index (χ4v) is 2.67. The Morgan fingerprint density at radius 3 is 2.94 bits per heavy atom. The lowest BCUT2D eigenvalue weighted by Crippen LogP contribution is -2.47. The first-order chi connectivity index (χ1) is 8.20. The van der Waals surface area contributed by atoms with Gasteiger partial charge >= 0.3 is 0 Å². The summed E-state index contributed by atoms with van der Waals surface area (Å²) in [4.78, 5) is 35.0. The largest absolute Gasteiger partial charge is 0.390 e. The van der Waals surface area contributed by atoms with Crippen LogP contribution in [-0.4, -0.2) is 29.5 Å². The van der Waals surface area contributed by atoms with Crippen LogP contribution in [0.15, 0.2) is 5.38 Å². The molecule has 1 fully saturated rings. The molecular weight excluding hydrogens is 246 g/mol. The van der Waals surface area contributed by atoms with Crippen LogP contribution in [0.4, 0.5) is 5.00 Å². The molecule has 1 atom stereocenters. The number of nitrogens with zero attached hydrogens (tertiary/aromatic N) is 1. The van der Waals surface area contributed by atoms with E-state index in [4.69, 9.17) is 15.4 Å². The van der Waals surface area contributed by atoms with Crippen molar-refractivity contribution in [3.8, 4) is 0 Å². The fourth-order valence-electron chi connectivity index (χ4n) is 1.89. The van der Waals surface area contributed by atoms with Crippen LogP contribution < -0.4 is 11.4 Å². The second-order valence-corrected chi connectivity index (χ2v) is 4.57. The minimum atomic E-state index is -0.652. The second-order valence-electron chi connectivity index (χ2n) is 3.66. The number of nitrogens with one attached hydrogen (secondary N) is 1. The van der Waals surface area contributed by atoms with E-state index in [0.717, 1.165) is 4.90 Å². The molecule has 1 aromatic heterocycles. The van der Waals surface area contributed by atoms with E-state index in [1.54, 1.807) is 5.38 Å². The van der Waals surface area contributed by atoms with Crippen molar-refractivity contribution < 1.29 is 19.3 Å². The Morgan fingerprint density at radius 2 is 2.29 bits per heavy atom. The van der Waals surface area contributed by atoms with Crippen molar-refractivity contribution in [1.29, 1.82) is 0 Å². The number of imide groups is 1. The van der Waals surface area contributed by atoms with E-state index in [1.807, 2.05) is 0 Å². The Kier molecular flexibility index (Phi) is 2.37. The molecule has 1 saturated heterocycles. The molecule has 2 aliphatic heterocycles. The number of hydrogen-bond donors (Lipinski definition) is 2. The Hall–Kier alpha value is -1.48. The highest BCUT2D eigenvalue weighted by Crippen LogP contribution is 2.34. The quantitative estimate of drug-likeness (QED) is 0.692. The van der Waals surface area contributed by atoms with Gasteiger partial charge in [-0.15, -0.1) is 11.3 Å². The first-order valence-corrected chi connectivity index (χ1v) is 5.85. The van der Waals surface area contributed by atoms with Crippen molar-refractivity contribution in [2.24, 2.45) is 0 Å². The van der Waals surface area contributed by atoms with Gasteiger partial charge in [0.05, 0.1) is 22.7 Å². The minimum Gasteiger partial charge on any atom is -0.390 e. The Morgan fingerprint density at radius 1 is 1.47 bits per heavy atom. The number of nitrogens with two attached hydrogens (primary N) is 1. The third-order valence-corrected chi connectivity index (χ3v) is 3.51. The molecule has 2 amide bonds. The van der Waals surface area contributed by atoms with E-state index >= 15 is 0 Å². The molecule has 2 aliphatic rings. The zero-order valence-electron chi connectivity index (χ0n) is 8.63. The maximum Gasteiger partial charge on any atom is 0.266 e. The van der Waals surface area contributed by atoms with E-state index < -0.39 is 12.1 Å². The molecular formula is C9H9N3O4S. The molecule has 0 radical (unpaired) electrons. The summed E-state index contributed by atoms with van der Waals surface area (Å²) in [6.45, 7) is 0.365. The lowest BCUT2D eigenvalue weighted by molar-refractivity contribution is -0.259. The van der Waals surface area contributed by atoms with Gasteiger partial charge in [-0.25, -0.2) is 4.90 Å². The number of amides is 2. The topological polar surface area (TPSA) is 93.9 Å². The van der Waals surface area contributed by atoms with Crippen LogP contribution in [0, 0.1) is 0 Å². The smallest absolute Gasteiger partial charge is 0.266 e. The highest BCUT2D eigenvalue weighted by Gasteiger charge is 2.43. The molecule has 0 spiro atoms. The monoisotopic (exact) mass is 255 g/mol. The first kappa shape index (κ1) is 10.7. The number of anilines is 1. The summed E-state index contributed by atoms with van der Waals surface area (Å²) in [7, 11) is 0. The summed E-state index contributed by atoms with van der Waals surface area (Å²) in [6, 6.07) is 0. The standard InChI is InChI=1S/C9H9N3O4S/c10-7-6-4(3-17-7)8(13)12(9(6)14)5-1-2-15-11-16-5/h3,5,11H,1-2,10H2. The van der Waals surface area contributed by atoms with Gasteiger partial charge in [0.1, 0.15) is 0 Å². The lowest BCUT2D eigenvalue weighted by atomic mass is 10.2. The van der Waals surface area contributed by atoms with Gasteiger partial charge in [0.25, 0.3) is 11.8 Å². The van der Waals surface area contributed by atoms with Gasteiger partial charge in [-0.3, -0.25) is 19.3 Å². The number of fused-ring (bicyclic) bond motifs is 1. The molecule has 90 valence electrons. The SMILES string of the molecule is Nc1scc2c1C(=O)N(C1CCONO1)C2=O. The van der Waals surface area contributed by atoms with Crippen LogP contribution in [0.5, 0.6) is 0 Å². The van der Waals surface area contributed by atoms with Gasteiger partial charge in [0.15, 0.2) is 6.23 Å². The molecule has 0 aliphatic carbocycles. The Bertz CT molecular complexity index is 494. The average Bonchev–Trinajstić information content (AvgIpc) is 2.82. The molecule has 3 N–H and O–H groups in total. The van der Waals surface area contributed by atoms with Gasteiger partial charge in [0.2, 0.25) is 0 Å². The number of rotatable bonds is 1. The van der Waals surface area contributed by atoms with Crippen LogP contribution in [0.3, 0.4) is 0 Å². The number of carbonyl (C=O) groups is 2. The molecule has 1 unspecified atom stereocenters. The summed E-state index contributed by atoms with van der Waals surface area (Å²) in [5, 5.41) is 1.96. The van der Waals surface area contributed by atoms with Gasteiger partial charge in [0, 0.05) is 11.8 Å². The molecule has 17 heavy (non-hydrogen) atoms. The summed E-state index contributed by atoms with van der Waals surface area (Å²) in [5.41, 5.74) is 8.53. The normalized spacial score (nSPS) is 24.2. The molecule has 1 aromatic rings. The number of thiophene rings is 1. The summed E-state index contributed by atoms with van der Waals surface area (Å²) < 4.78 is 0. The third-order valence-electron chi connectivity index (χ3n) is 2.70. The Labute approximate surface area is 100.0 Å². The van der Waals surface area contributed by atoms with E-state index in [2.05, 4.69) is 5.64 Å². The van der Waals surface area contributed by atoms with E-state index in [-0.39, 0.29) is 11.5 Å². The van der Waals surface area contributed by atoms with E-state index in [9.17, 15) is 9.59 Å². The molecule has 0 bridgehead atoms. The fraction of sp³-hybridized carbons (Fsp3) is 0.333. The number of hydrogen-bond acceptors (Lipinski definition) is 7. The van der Waals surface area contributed by atoms with Crippen LogP contribution >= 0.6 is 11.3 Å². The zero-order chi connectivity index (χ0) is 12.0. The molecule has 8 heteroatoms. The van der Waals surface area contributed by atoms with Gasteiger partial charge in [-0.05, 0) is 0 Å². The van der Waals surface area contributed by atoms with E-state index in [0.29, 0.717) is 23.6 Å². The predicted molar refractivity (Wildman–Crippen MR) is 57.8 cm³/mol. The summed E-state index contributed by atoms with van der Waals surface area (Å²) >= 11 is 1.19. The second kappa shape index (κ2) is 3.77. The molecule has 3 heterocycles. The third kappa shape index (κ3) is 1.46. The maximum atomic E-state index is 12.1. The first-order valence-electron chi connectivity index (χ1n) is 4.97. The van der Waals surface area contributed by atoms with Gasteiger partial charge < -0.3 is 5.73 Å². The van der Waals surface area contributed by atoms with Gasteiger partial charge in [-0.2, -0.15) is 0 Å². The molecule has 7 nitrogen and oxygen atoms in total. The van der Waals surface area contributed by atoms with Gasteiger partial charge in [-0.1, -0.05) is 5.64 Å². The lowest BCUT2D eigenvalue weighted by Gasteiger charge is -2.28. The van der Waals surface area contributed by atoms with Crippen molar-refractivity contribution in [3.63, 3.8) is 0 Å². The zero-order valence-corrected chi connectivity index (χ0v) is 9.45. The van der Waals surface area contributed by atoms with Crippen molar-refractivity contribution in [1.82, 2.24) is 10.5 Å². The predicted octanol–water partition coefficient (Wildman–Crippen LogP) is 0.109. The number of carbonyl (C=O) groups excluding carboxylic acids is 2. The highest BCUT2D eigenvalue weighted by atomic mass is 32.1. The summed E-state index contributed by atoms with van der Waals surface area (Å²) in [5.74, 6) is -0.774. The maximum absolute atomic E-state index is 12.1. The van der Waals surface area contributed by atoms with Crippen LogP contribution in [0.1, 0.15) is 27.1 Å². The van der Waals surface area contributed by atoms with Crippen molar-refractivity contribution >= 4 is 28.2 Å².